The molecule has 0 heterocycles. The monoisotopic (exact) mass is 228 g/mol. The Morgan fingerprint density at radius 1 is 1.50 bits per heavy atom. The number of hydrogen-bond acceptors (Lipinski definition) is 4. The van der Waals surface area contributed by atoms with E-state index in [1.165, 1.54) is 19.2 Å². The van der Waals surface area contributed by atoms with Crippen LogP contribution >= 0.6 is 0 Å². The zero-order chi connectivity index (χ0) is 12.3. The second-order valence-electron chi connectivity index (χ2n) is 4.24. The van der Waals surface area contributed by atoms with Crippen LogP contribution in [0.5, 0.6) is 5.75 Å². The van der Waals surface area contributed by atoms with Crippen LogP contribution in [0.3, 0.4) is 0 Å². The molecule has 4 nitrogen and oxygen atoms in total. The summed E-state index contributed by atoms with van der Waals surface area (Å²) in [6.45, 7) is 3.50. The third-order valence-electron chi connectivity index (χ3n) is 2.03. The summed E-state index contributed by atoms with van der Waals surface area (Å²) in [5.41, 5.74) is 5.13. The normalized spacial score (nSPS) is 11.3. The van der Waals surface area contributed by atoms with Gasteiger partial charge in [0.15, 0.2) is 0 Å². The van der Waals surface area contributed by atoms with Gasteiger partial charge in [0.05, 0.1) is 24.1 Å². The van der Waals surface area contributed by atoms with Gasteiger partial charge < -0.3 is 20.9 Å². The minimum absolute atomic E-state index is 0.233. The highest BCUT2D eigenvalue weighted by Gasteiger charge is 2.14. The van der Waals surface area contributed by atoms with Crippen molar-refractivity contribution in [2.45, 2.75) is 19.4 Å². The van der Waals surface area contributed by atoms with Gasteiger partial charge in [-0.15, -0.1) is 0 Å². The van der Waals surface area contributed by atoms with E-state index in [1.807, 2.05) is 0 Å². The average molecular weight is 228 g/mol. The first-order chi connectivity index (χ1) is 7.33. The summed E-state index contributed by atoms with van der Waals surface area (Å²) in [6.07, 6.45) is 0. The first-order valence-electron chi connectivity index (χ1n) is 4.93. The number of rotatable bonds is 4. The third kappa shape index (κ3) is 3.27. The van der Waals surface area contributed by atoms with Gasteiger partial charge in [-0.05, 0) is 13.8 Å². The molecule has 0 atom stereocenters. The first kappa shape index (κ1) is 12.6. The summed E-state index contributed by atoms with van der Waals surface area (Å²) < 4.78 is 18.4. The number of nitrogen functional groups attached to an aromatic ring is 1. The predicted molar refractivity (Wildman–Crippen MR) is 62.2 cm³/mol. The van der Waals surface area contributed by atoms with Gasteiger partial charge in [-0.1, -0.05) is 0 Å². The predicted octanol–water partition coefficient (Wildman–Crippen LogP) is 1.60. The molecule has 0 saturated carbocycles. The van der Waals surface area contributed by atoms with E-state index in [0.29, 0.717) is 5.75 Å². The molecule has 0 unspecified atom stereocenters. The Kier molecular flexibility index (Phi) is 3.59. The largest absolute Gasteiger partial charge is 0.495 e. The smallest absolute Gasteiger partial charge is 0.148 e. The topological polar surface area (TPSA) is 67.5 Å². The zero-order valence-corrected chi connectivity index (χ0v) is 9.67. The van der Waals surface area contributed by atoms with E-state index < -0.39 is 11.4 Å². The Bertz CT molecular complexity index is 375. The Morgan fingerprint density at radius 3 is 2.62 bits per heavy atom. The van der Waals surface area contributed by atoms with Gasteiger partial charge in [-0.25, -0.2) is 4.39 Å². The summed E-state index contributed by atoms with van der Waals surface area (Å²) in [6, 6.07) is 2.65. The van der Waals surface area contributed by atoms with Crippen LogP contribution in [0.4, 0.5) is 15.8 Å². The summed E-state index contributed by atoms with van der Waals surface area (Å²) in [7, 11) is 1.46. The van der Waals surface area contributed by atoms with Crippen LogP contribution in [0.15, 0.2) is 12.1 Å². The molecule has 4 N–H and O–H groups in total. The molecule has 0 bridgehead atoms. The molecule has 0 aliphatic rings. The quantitative estimate of drug-likeness (QED) is 0.685. The number of halogens is 1. The van der Waals surface area contributed by atoms with E-state index in [2.05, 4.69) is 5.32 Å². The Morgan fingerprint density at radius 2 is 2.12 bits per heavy atom. The van der Waals surface area contributed by atoms with Gasteiger partial charge in [-0.3, -0.25) is 0 Å². The van der Waals surface area contributed by atoms with Crippen LogP contribution < -0.4 is 15.8 Å². The third-order valence-corrected chi connectivity index (χ3v) is 2.03. The molecule has 16 heavy (non-hydrogen) atoms. The van der Waals surface area contributed by atoms with Crippen molar-refractivity contribution >= 4 is 11.4 Å². The maximum Gasteiger partial charge on any atom is 0.148 e. The molecule has 0 aliphatic carbocycles. The van der Waals surface area contributed by atoms with E-state index >= 15 is 0 Å². The van der Waals surface area contributed by atoms with Crippen LogP contribution in [0, 0.1) is 5.82 Å². The van der Waals surface area contributed by atoms with Gasteiger partial charge >= 0.3 is 0 Å². The van der Waals surface area contributed by atoms with Gasteiger partial charge in [0.1, 0.15) is 11.6 Å². The van der Waals surface area contributed by atoms with Gasteiger partial charge in [-0.2, -0.15) is 0 Å². The van der Waals surface area contributed by atoms with E-state index in [-0.39, 0.29) is 17.9 Å². The van der Waals surface area contributed by atoms with Crippen LogP contribution in [0.25, 0.3) is 0 Å². The van der Waals surface area contributed by atoms with Crippen molar-refractivity contribution in [3.63, 3.8) is 0 Å². The molecule has 0 fully saturated rings. The first-order valence-corrected chi connectivity index (χ1v) is 4.93. The van der Waals surface area contributed by atoms with Gasteiger partial charge in [0, 0.05) is 18.7 Å². The average Bonchev–Trinajstić information content (AvgIpc) is 2.15. The van der Waals surface area contributed by atoms with Crippen LogP contribution in [0.1, 0.15) is 13.8 Å². The van der Waals surface area contributed by atoms with Crippen LogP contribution in [-0.4, -0.2) is 24.4 Å². The molecule has 0 aromatic heterocycles. The second-order valence-corrected chi connectivity index (χ2v) is 4.24. The maximum absolute atomic E-state index is 13.5. The molecule has 90 valence electrons. The molecule has 1 rings (SSSR count). The van der Waals surface area contributed by atoms with Crippen molar-refractivity contribution in [2.75, 3.05) is 24.7 Å². The highest BCUT2D eigenvalue weighted by Crippen LogP contribution is 2.28. The van der Waals surface area contributed by atoms with Crippen LogP contribution in [-0.2, 0) is 0 Å². The Labute approximate surface area is 94.2 Å². The number of ether oxygens (including phenoxy) is 1. The summed E-state index contributed by atoms with van der Waals surface area (Å²) in [5, 5.41) is 12.3. The number of aliphatic hydroxyl groups is 1. The molecular formula is C11H17FN2O2. The molecule has 0 saturated heterocycles. The lowest BCUT2D eigenvalue weighted by Crippen LogP contribution is -2.29. The minimum Gasteiger partial charge on any atom is -0.495 e. The SMILES string of the molecule is COc1cc(NCC(C)(C)O)c(F)cc1N. The lowest BCUT2D eigenvalue weighted by atomic mass is 10.1. The molecule has 1 aromatic carbocycles. The molecule has 1 aromatic rings. The lowest BCUT2D eigenvalue weighted by molar-refractivity contribution is 0.0944. The number of hydrogen-bond donors (Lipinski definition) is 3. The van der Waals surface area contributed by atoms with Crippen molar-refractivity contribution in [2.24, 2.45) is 0 Å². The van der Waals surface area contributed by atoms with E-state index in [1.54, 1.807) is 13.8 Å². The van der Waals surface area contributed by atoms with E-state index in [0.717, 1.165) is 0 Å². The van der Waals surface area contributed by atoms with Crippen molar-refractivity contribution in [3.05, 3.63) is 17.9 Å². The molecule has 0 spiro atoms. The number of methoxy groups -OCH3 is 1. The molecule has 0 amide bonds. The number of nitrogens with two attached hydrogens (primary N) is 1. The molecule has 5 heteroatoms. The van der Waals surface area contributed by atoms with Crippen molar-refractivity contribution < 1.29 is 14.2 Å². The highest BCUT2D eigenvalue weighted by atomic mass is 19.1. The summed E-state index contributed by atoms with van der Waals surface area (Å²) in [5.74, 6) is -0.0674. The minimum atomic E-state index is -0.916. The van der Waals surface area contributed by atoms with E-state index in [9.17, 15) is 9.50 Å². The standard InChI is InChI=1S/C11H17FN2O2/c1-11(2,15)6-14-9-5-10(16-3)8(13)4-7(9)12/h4-5,14-15H,6,13H2,1-3H3. The number of anilines is 2. The fraction of sp³-hybridized carbons (Fsp3) is 0.455. The fourth-order valence-electron chi connectivity index (χ4n) is 1.19. The van der Waals surface area contributed by atoms with Crippen LogP contribution in [0.2, 0.25) is 0 Å². The highest BCUT2D eigenvalue weighted by molar-refractivity contribution is 5.62. The summed E-state index contributed by atoms with van der Waals surface area (Å²) in [4.78, 5) is 0. The van der Waals surface area contributed by atoms with Crippen molar-refractivity contribution in [1.82, 2.24) is 0 Å². The summed E-state index contributed by atoms with van der Waals surface area (Å²) >= 11 is 0. The lowest BCUT2D eigenvalue weighted by Gasteiger charge is -2.19. The molecule has 0 aliphatic heterocycles. The second kappa shape index (κ2) is 4.57. The van der Waals surface area contributed by atoms with Gasteiger partial charge in [0.25, 0.3) is 0 Å². The number of benzene rings is 1. The zero-order valence-electron chi connectivity index (χ0n) is 9.67. The van der Waals surface area contributed by atoms with Crippen molar-refractivity contribution in [1.29, 1.82) is 0 Å². The fourth-order valence-corrected chi connectivity index (χ4v) is 1.19. The molecule has 0 radical (unpaired) electrons. The Balaban J connectivity index is 2.88. The number of nitrogens with one attached hydrogen (secondary N) is 1. The maximum atomic E-state index is 13.5. The Hall–Kier alpha value is -1.49. The van der Waals surface area contributed by atoms with Crippen molar-refractivity contribution in [3.8, 4) is 5.75 Å². The molecular weight excluding hydrogens is 211 g/mol. The van der Waals surface area contributed by atoms with Gasteiger partial charge in [0.2, 0.25) is 0 Å². The van der Waals surface area contributed by atoms with E-state index in [4.69, 9.17) is 10.5 Å².